The molecule has 0 aromatic heterocycles. The molecular weight excluding hydrogens is 362 g/mol. The summed E-state index contributed by atoms with van der Waals surface area (Å²) in [4.78, 5) is 0. The maximum atomic E-state index is 12.6. The first-order chi connectivity index (χ1) is 11.7. The summed E-state index contributed by atoms with van der Waals surface area (Å²) in [6, 6.07) is 7.09. The Morgan fingerprint density at radius 1 is 0.500 bits per heavy atom. The van der Waals surface area contributed by atoms with Crippen LogP contribution in [0.2, 0.25) is 0 Å². The molecule has 2 aromatic carbocycles. The smallest absolute Gasteiger partial charge is 0.382 e. The van der Waals surface area contributed by atoms with Crippen molar-refractivity contribution in [2.75, 3.05) is 0 Å². The summed E-state index contributed by atoms with van der Waals surface area (Å²) < 4.78 is 75.9. The summed E-state index contributed by atoms with van der Waals surface area (Å²) in [6.07, 6.45) is -9.11. The summed E-state index contributed by atoms with van der Waals surface area (Å²) >= 11 is 0. The molecule has 0 radical (unpaired) electrons. The van der Waals surface area contributed by atoms with E-state index >= 15 is 0 Å². The van der Waals surface area contributed by atoms with E-state index in [2.05, 4.69) is 0 Å². The first-order valence-corrected chi connectivity index (χ1v) is 7.47. The molecule has 0 amide bonds. The highest BCUT2D eigenvalue weighted by Gasteiger charge is 2.45. The number of rotatable bonds is 3. The van der Waals surface area contributed by atoms with Crippen molar-refractivity contribution in [1.82, 2.24) is 0 Å². The molecule has 0 aliphatic carbocycles. The van der Waals surface area contributed by atoms with Crippen LogP contribution in [0.3, 0.4) is 0 Å². The van der Waals surface area contributed by atoms with E-state index in [0.29, 0.717) is 0 Å². The third-order valence-electron chi connectivity index (χ3n) is 4.50. The van der Waals surface area contributed by atoms with E-state index in [1.54, 1.807) is 0 Å². The molecule has 0 bridgehead atoms. The van der Waals surface area contributed by atoms with Gasteiger partial charge in [0.15, 0.2) is 0 Å². The molecule has 2 rings (SSSR count). The van der Waals surface area contributed by atoms with Gasteiger partial charge in [-0.15, -0.1) is 0 Å². The fourth-order valence-electron chi connectivity index (χ4n) is 2.53. The second-order valence-corrected chi connectivity index (χ2v) is 6.29. The van der Waals surface area contributed by atoms with E-state index in [1.165, 1.54) is 13.8 Å². The quantitative estimate of drug-likeness (QED) is 0.751. The highest BCUT2D eigenvalue weighted by Crippen LogP contribution is 2.42. The third-order valence-corrected chi connectivity index (χ3v) is 4.50. The maximum Gasteiger partial charge on any atom is 0.416 e. The monoisotopic (exact) mass is 378 g/mol. The molecule has 0 aliphatic heterocycles. The zero-order chi connectivity index (χ0) is 20.0. The molecule has 0 spiro atoms. The van der Waals surface area contributed by atoms with E-state index in [4.69, 9.17) is 0 Å². The molecule has 2 nitrogen and oxygen atoms in total. The minimum atomic E-state index is -4.56. The number of hydrogen-bond donors (Lipinski definition) is 2. The van der Waals surface area contributed by atoms with E-state index in [9.17, 15) is 36.6 Å². The van der Waals surface area contributed by atoms with Crippen molar-refractivity contribution in [3.8, 4) is 0 Å². The van der Waals surface area contributed by atoms with E-state index < -0.39 is 34.7 Å². The van der Waals surface area contributed by atoms with Crippen molar-refractivity contribution in [1.29, 1.82) is 0 Å². The van der Waals surface area contributed by atoms with E-state index in [1.807, 2.05) is 0 Å². The number of benzene rings is 2. The predicted molar refractivity (Wildman–Crippen MR) is 82.0 cm³/mol. The van der Waals surface area contributed by atoms with E-state index in [-0.39, 0.29) is 11.1 Å². The average molecular weight is 378 g/mol. The normalized spacial score (nSPS) is 17.5. The average Bonchev–Trinajstić information content (AvgIpc) is 2.53. The van der Waals surface area contributed by atoms with Crippen LogP contribution in [0, 0.1) is 0 Å². The van der Waals surface area contributed by atoms with Crippen molar-refractivity contribution in [2.24, 2.45) is 0 Å². The van der Waals surface area contributed by atoms with Gasteiger partial charge < -0.3 is 10.2 Å². The molecule has 0 fully saturated rings. The summed E-state index contributed by atoms with van der Waals surface area (Å²) in [5.41, 5.74) is -6.00. The van der Waals surface area contributed by atoms with Crippen molar-refractivity contribution in [3.63, 3.8) is 0 Å². The number of hydrogen-bond acceptors (Lipinski definition) is 2. The highest BCUT2D eigenvalue weighted by atomic mass is 19.4. The van der Waals surface area contributed by atoms with Crippen LogP contribution in [-0.4, -0.2) is 10.2 Å². The zero-order valence-electron chi connectivity index (χ0n) is 13.8. The Morgan fingerprint density at radius 2 is 0.692 bits per heavy atom. The lowest BCUT2D eigenvalue weighted by Crippen LogP contribution is -2.45. The molecule has 2 unspecified atom stereocenters. The van der Waals surface area contributed by atoms with Gasteiger partial charge >= 0.3 is 12.4 Å². The van der Waals surface area contributed by atoms with Crippen LogP contribution in [0.25, 0.3) is 0 Å². The first kappa shape index (κ1) is 20.3. The van der Waals surface area contributed by atoms with Crippen molar-refractivity contribution >= 4 is 0 Å². The molecule has 26 heavy (non-hydrogen) atoms. The summed E-state index contributed by atoms with van der Waals surface area (Å²) in [5.74, 6) is 0. The molecule has 2 atom stereocenters. The Bertz CT molecular complexity index is 689. The van der Waals surface area contributed by atoms with Crippen molar-refractivity contribution in [3.05, 3.63) is 70.8 Å². The van der Waals surface area contributed by atoms with Gasteiger partial charge in [0.05, 0.1) is 11.1 Å². The molecule has 0 saturated heterocycles. The van der Waals surface area contributed by atoms with E-state index in [0.717, 1.165) is 48.5 Å². The van der Waals surface area contributed by atoms with Crippen LogP contribution >= 0.6 is 0 Å². The van der Waals surface area contributed by atoms with Gasteiger partial charge in [0, 0.05) is 0 Å². The van der Waals surface area contributed by atoms with Gasteiger partial charge in [-0.05, 0) is 49.2 Å². The summed E-state index contributed by atoms with van der Waals surface area (Å²) in [6.45, 7) is 2.35. The topological polar surface area (TPSA) is 40.5 Å². The van der Waals surface area contributed by atoms with Crippen LogP contribution in [0.4, 0.5) is 26.3 Å². The van der Waals surface area contributed by atoms with Gasteiger partial charge in [0.1, 0.15) is 11.2 Å². The molecular formula is C18H16F6O2. The van der Waals surface area contributed by atoms with Crippen LogP contribution < -0.4 is 0 Å². The Labute approximate surface area is 145 Å². The number of alkyl halides is 6. The molecule has 8 heteroatoms. The molecule has 0 aliphatic rings. The minimum absolute atomic E-state index is 0.0182. The summed E-state index contributed by atoms with van der Waals surface area (Å²) in [5, 5.41) is 21.5. The fourth-order valence-corrected chi connectivity index (χ4v) is 2.53. The summed E-state index contributed by atoms with van der Waals surface area (Å²) in [7, 11) is 0. The largest absolute Gasteiger partial charge is 0.416 e. The zero-order valence-corrected chi connectivity index (χ0v) is 13.8. The second-order valence-electron chi connectivity index (χ2n) is 6.29. The lowest BCUT2D eigenvalue weighted by atomic mass is 9.75. The van der Waals surface area contributed by atoms with Gasteiger partial charge in [0.2, 0.25) is 0 Å². The first-order valence-electron chi connectivity index (χ1n) is 7.47. The third kappa shape index (κ3) is 3.71. The Hall–Kier alpha value is -2.06. The minimum Gasteiger partial charge on any atom is -0.382 e. The predicted octanol–water partition coefficient (Wildman–Crippen LogP) is 4.84. The van der Waals surface area contributed by atoms with Crippen molar-refractivity contribution in [2.45, 2.75) is 37.4 Å². The maximum absolute atomic E-state index is 12.6. The van der Waals surface area contributed by atoms with Crippen LogP contribution in [0.5, 0.6) is 0 Å². The lowest BCUT2D eigenvalue weighted by Gasteiger charge is -2.39. The Balaban J connectivity index is 2.40. The number of aliphatic hydroxyl groups is 2. The van der Waals surface area contributed by atoms with Crippen LogP contribution in [0.1, 0.15) is 36.1 Å². The van der Waals surface area contributed by atoms with Gasteiger partial charge in [-0.1, -0.05) is 24.3 Å². The Morgan fingerprint density at radius 3 is 0.885 bits per heavy atom. The second kappa shape index (κ2) is 6.28. The molecule has 142 valence electrons. The van der Waals surface area contributed by atoms with Gasteiger partial charge in [-0.2, -0.15) is 26.3 Å². The van der Waals surface area contributed by atoms with Gasteiger partial charge in [-0.3, -0.25) is 0 Å². The molecule has 2 N–H and O–H groups in total. The molecule has 2 aromatic rings. The Kier molecular flexibility index (Phi) is 4.89. The van der Waals surface area contributed by atoms with Crippen LogP contribution in [0.15, 0.2) is 48.5 Å². The molecule has 0 heterocycles. The lowest BCUT2D eigenvalue weighted by molar-refractivity contribution is -0.144. The van der Waals surface area contributed by atoms with Crippen LogP contribution in [-0.2, 0) is 23.6 Å². The standard InChI is InChI=1S/C18H16F6O2/c1-15(25,11-3-7-13(8-4-11)17(19,20)21)16(2,26)12-5-9-14(10-6-12)18(22,23)24/h3-10,25-26H,1-2H3. The fraction of sp³-hybridized carbons (Fsp3) is 0.333. The van der Waals surface area contributed by atoms with Crippen molar-refractivity contribution < 1.29 is 36.6 Å². The number of halogens is 6. The SMILES string of the molecule is CC(O)(c1ccc(C(F)(F)F)cc1)C(C)(O)c1ccc(C(F)(F)F)cc1. The van der Waals surface area contributed by atoms with Gasteiger partial charge in [-0.25, -0.2) is 0 Å². The van der Waals surface area contributed by atoms with Gasteiger partial charge in [0.25, 0.3) is 0 Å². The highest BCUT2D eigenvalue weighted by molar-refractivity contribution is 5.36. The molecule has 0 saturated carbocycles.